The predicted octanol–water partition coefficient (Wildman–Crippen LogP) is 2.22. The molecule has 0 aliphatic heterocycles. The van der Waals surface area contributed by atoms with E-state index in [9.17, 15) is 18.8 Å². The fourth-order valence-electron chi connectivity index (χ4n) is 1.79. The summed E-state index contributed by atoms with van der Waals surface area (Å²) in [6.07, 6.45) is -0.0624. The first kappa shape index (κ1) is 16.6. The third kappa shape index (κ3) is 6.03. The van der Waals surface area contributed by atoms with Gasteiger partial charge in [0.15, 0.2) is 0 Å². The predicted molar refractivity (Wildman–Crippen MR) is 75.4 cm³/mol. The highest BCUT2D eigenvalue weighted by Crippen LogP contribution is 2.20. The molecule has 0 aromatic heterocycles. The molecule has 2 amide bonds. The van der Waals surface area contributed by atoms with Crippen LogP contribution in [0.2, 0.25) is 0 Å². The van der Waals surface area contributed by atoms with Gasteiger partial charge in [-0.15, -0.1) is 0 Å². The van der Waals surface area contributed by atoms with Crippen molar-refractivity contribution < 1.29 is 23.9 Å². The van der Waals surface area contributed by atoms with Gasteiger partial charge in [-0.25, -0.2) is 4.39 Å². The van der Waals surface area contributed by atoms with E-state index in [1.54, 1.807) is 6.92 Å². The molecule has 6 nitrogen and oxygen atoms in total. The van der Waals surface area contributed by atoms with Crippen LogP contribution in [-0.4, -0.2) is 22.9 Å². The maximum atomic E-state index is 13.4. The molecule has 0 fully saturated rings. The summed E-state index contributed by atoms with van der Waals surface area (Å²) < 4.78 is 13.4. The van der Waals surface area contributed by atoms with Crippen LogP contribution < -0.4 is 10.6 Å². The summed E-state index contributed by atoms with van der Waals surface area (Å²) in [6.45, 7) is 2.90. The zero-order valence-electron chi connectivity index (χ0n) is 11.8. The average molecular weight is 296 g/mol. The molecule has 3 N–H and O–H groups in total. The zero-order valence-corrected chi connectivity index (χ0v) is 11.8. The number of carboxylic acids is 1. The molecule has 1 aromatic rings. The zero-order chi connectivity index (χ0) is 16.0. The van der Waals surface area contributed by atoms with Gasteiger partial charge in [0.1, 0.15) is 5.82 Å². The van der Waals surface area contributed by atoms with Crippen LogP contribution in [0, 0.1) is 11.7 Å². The number of carboxylic acid groups (broad SMARTS) is 1. The van der Waals surface area contributed by atoms with E-state index in [2.05, 4.69) is 10.6 Å². The van der Waals surface area contributed by atoms with Gasteiger partial charge in [0.05, 0.1) is 5.69 Å². The number of hydrogen-bond donors (Lipinski definition) is 3. The third-order valence-corrected chi connectivity index (χ3v) is 2.62. The molecule has 0 aliphatic carbocycles. The summed E-state index contributed by atoms with van der Waals surface area (Å²) in [6, 6.07) is 3.79. The molecule has 1 aromatic carbocycles. The van der Waals surface area contributed by atoms with Crippen LogP contribution >= 0.6 is 0 Å². The van der Waals surface area contributed by atoms with E-state index in [4.69, 9.17) is 5.11 Å². The highest BCUT2D eigenvalue weighted by Gasteiger charge is 2.13. The molecule has 21 heavy (non-hydrogen) atoms. The van der Waals surface area contributed by atoms with Crippen LogP contribution in [-0.2, 0) is 14.4 Å². The Balaban J connectivity index is 2.68. The maximum Gasteiger partial charge on any atom is 0.303 e. The Morgan fingerprint density at radius 1 is 1.24 bits per heavy atom. The summed E-state index contributed by atoms with van der Waals surface area (Å²) in [5, 5.41) is 13.5. The Bertz CT molecular complexity index is 560. The van der Waals surface area contributed by atoms with E-state index in [0.29, 0.717) is 5.69 Å². The van der Waals surface area contributed by atoms with Crippen molar-refractivity contribution in [3.05, 3.63) is 24.0 Å². The van der Waals surface area contributed by atoms with E-state index in [-0.39, 0.29) is 30.4 Å². The van der Waals surface area contributed by atoms with Crippen LogP contribution in [0.3, 0.4) is 0 Å². The third-order valence-electron chi connectivity index (χ3n) is 2.62. The second-order valence-corrected chi connectivity index (χ2v) is 4.83. The fraction of sp³-hybridized carbons (Fsp3) is 0.357. The highest BCUT2D eigenvalue weighted by atomic mass is 19.1. The molecule has 114 valence electrons. The minimum atomic E-state index is -0.968. The van der Waals surface area contributed by atoms with Gasteiger partial charge in [0.25, 0.3) is 0 Å². The smallest absolute Gasteiger partial charge is 0.303 e. The van der Waals surface area contributed by atoms with Crippen LogP contribution in [0.1, 0.15) is 26.7 Å². The topological polar surface area (TPSA) is 95.5 Å². The molecule has 0 aliphatic rings. The molecular formula is C14H17FN2O4. The number of carbonyl (C=O) groups excluding carboxylic acids is 2. The van der Waals surface area contributed by atoms with Gasteiger partial charge in [0, 0.05) is 25.5 Å². The first-order valence-corrected chi connectivity index (χ1v) is 6.36. The van der Waals surface area contributed by atoms with E-state index < -0.39 is 17.7 Å². The summed E-state index contributed by atoms with van der Waals surface area (Å²) in [4.78, 5) is 33.2. The number of halogens is 1. The average Bonchev–Trinajstić information content (AvgIpc) is 2.31. The molecule has 0 spiro atoms. The number of carbonyl (C=O) groups is 3. The second-order valence-electron chi connectivity index (χ2n) is 4.83. The molecule has 0 heterocycles. The number of benzene rings is 1. The second kappa shape index (κ2) is 7.37. The van der Waals surface area contributed by atoms with Crippen molar-refractivity contribution in [1.82, 2.24) is 0 Å². The van der Waals surface area contributed by atoms with E-state index >= 15 is 0 Å². The summed E-state index contributed by atoms with van der Waals surface area (Å²) in [5.41, 5.74) is 0.298. The fourth-order valence-corrected chi connectivity index (χ4v) is 1.79. The minimum absolute atomic E-state index is 0.0288. The van der Waals surface area contributed by atoms with Crippen molar-refractivity contribution in [2.24, 2.45) is 5.92 Å². The van der Waals surface area contributed by atoms with Crippen molar-refractivity contribution in [2.45, 2.75) is 26.7 Å². The minimum Gasteiger partial charge on any atom is -0.481 e. The first-order valence-electron chi connectivity index (χ1n) is 6.36. The Morgan fingerprint density at radius 2 is 1.90 bits per heavy atom. The molecule has 0 saturated carbocycles. The molecule has 0 bridgehead atoms. The number of hydrogen-bond acceptors (Lipinski definition) is 3. The van der Waals surface area contributed by atoms with Crippen LogP contribution in [0.5, 0.6) is 0 Å². The molecule has 1 unspecified atom stereocenters. The van der Waals surface area contributed by atoms with Gasteiger partial charge in [0.2, 0.25) is 11.8 Å². The van der Waals surface area contributed by atoms with Gasteiger partial charge < -0.3 is 15.7 Å². The van der Waals surface area contributed by atoms with Gasteiger partial charge in [-0.1, -0.05) is 6.92 Å². The number of aliphatic carboxylic acids is 1. The van der Waals surface area contributed by atoms with Crippen molar-refractivity contribution >= 4 is 29.2 Å². The van der Waals surface area contributed by atoms with Crippen LogP contribution in [0.15, 0.2) is 18.2 Å². The van der Waals surface area contributed by atoms with E-state index in [1.807, 2.05) is 0 Å². The maximum absolute atomic E-state index is 13.4. The van der Waals surface area contributed by atoms with Gasteiger partial charge >= 0.3 is 5.97 Å². The number of anilines is 2. The molecule has 0 saturated heterocycles. The van der Waals surface area contributed by atoms with Gasteiger partial charge in [-0.3, -0.25) is 14.4 Å². The molecule has 7 heteroatoms. The summed E-state index contributed by atoms with van der Waals surface area (Å²) in [5.74, 6) is -2.68. The van der Waals surface area contributed by atoms with Crippen LogP contribution in [0.25, 0.3) is 0 Å². The number of rotatable bonds is 6. The normalized spacial score (nSPS) is 11.6. The quantitative estimate of drug-likeness (QED) is 0.750. The van der Waals surface area contributed by atoms with Crippen LogP contribution in [0.4, 0.5) is 15.8 Å². The molecule has 0 radical (unpaired) electrons. The molecule has 1 rings (SSSR count). The summed E-state index contributed by atoms with van der Waals surface area (Å²) >= 11 is 0. The Labute approximate surface area is 121 Å². The summed E-state index contributed by atoms with van der Waals surface area (Å²) in [7, 11) is 0. The standard InChI is InChI=1S/C14H17FN2O4/c1-8(6-14(20)21)5-13(19)17-10-3-4-11(15)12(7-10)16-9(2)18/h3-4,7-8H,5-6H2,1-2H3,(H,16,18)(H,17,19)(H,20,21). The van der Waals surface area contributed by atoms with Gasteiger partial charge in [-0.2, -0.15) is 0 Å². The lowest BCUT2D eigenvalue weighted by atomic mass is 10.0. The monoisotopic (exact) mass is 296 g/mol. The molecular weight excluding hydrogens is 279 g/mol. The SMILES string of the molecule is CC(=O)Nc1cc(NC(=O)CC(C)CC(=O)O)ccc1F. The Kier molecular flexibility index (Phi) is 5.83. The van der Waals surface area contributed by atoms with E-state index in [0.717, 1.165) is 6.07 Å². The van der Waals surface area contributed by atoms with Gasteiger partial charge in [-0.05, 0) is 24.1 Å². The highest BCUT2D eigenvalue weighted by molar-refractivity contribution is 5.93. The lowest BCUT2D eigenvalue weighted by molar-refractivity contribution is -0.138. The first-order chi connectivity index (χ1) is 9.77. The van der Waals surface area contributed by atoms with Crippen molar-refractivity contribution in [2.75, 3.05) is 10.6 Å². The Hall–Kier alpha value is -2.44. The van der Waals surface area contributed by atoms with Crippen molar-refractivity contribution in [1.29, 1.82) is 0 Å². The largest absolute Gasteiger partial charge is 0.481 e. The van der Waals surface area contributed by atoms with E-state index in [1.165, 1.54) is 19.1 Å². The lowest BCUT2D eigenvalue weighted by Gasteiger charge is -2.11. The van der Waals surface area contributed by atoms with Crippen molar-refractivity contribution in [3.63, 3.8) is 0 Å². The number of nitrogens with one attached hydrogen (secondary N) is 2. The number of amides is 2. The lowest BCUT2D eigenvalue weighted by Crippen LogP contribution is -2.17. The molecule has 1 atom stereocenters. The van der Waals surface area contributed by atoms with Crippen molar-refractivity contribution in [3.8, 4) is 0 Å². The Morgan fingerprint density at radius 3 is 2.48 bits per heavy atom.